The fourth-order valence-corrected chi connectivity index (χ4v) is 4.44. The Morgan fingerprint density at radius 2 is 1.86 bits per heavy atom. The summed E-state index contributed by atoms with van der Waals surface area (Å²) >= 11 is 0. The Hall–Kier alpha value is -3.05. The number of piperazine rings is 1. The molecule has 1 unspecified atom stereocenters. The predicted octanol–water partition coefficient (Wildman–Crippen LogP) is 2.18. The molecule has 0 aliphatic carbocycles. The molecule has 4 heterocycles. The highest BCUT2D eigenvalue weighted by Gasteiger charge is 2.27. The molecule has 0 amide bonds. The molecule has 0 radical (unpaired) electrons. The third-order valence-electron chi connectivity index (χ3n) is 5.92. The van der Waals surface area contributed by atoms with Crippen LogP contribution in [0.25, 0.3) is 0 Å². The van der Waals surface area contributed by atoms with E-state index in [9.17, 15) is 5.26 Å². The summed E-state index contributed by atoms with van der Waals surface area (Å²) in [6, 6.07) is 10.2. The molecule has 152 valence electrons. The Labute approximate surface area is 169 Å². The van der Waals surface area contributed by atoms with Crippen molar-refractivity contribution in [3.05, 3.63) is 30.0 Å². The normalized spacial score (nSPS) is 20.9. The Morgan fingerprint density at radius 1 is 1.07 bits per heavy atom. The van der Waals surface area contributed by atoms with Gasteiger partial charge in [0.2, 0.25) is 6.79 Å². The van der Waals surface area contributed by atoms with E-state index in [1.165, 1.54) is 0 Å². The highest BCUT2D eigenvalue weighted by atomic mass is 16.7. The van der Waals surface area contributed by atoms with Crippen LogP contribution in [0, 0.1) is 11.3 Å². The molecule has 2 saturated heterocycles. The molecule has 0 bridgehead atoms. The molecular weight excluding hydrogens is 370 g/mol. The first kappa shape index (κ1) is 18.0. The maximum atomic E-state index is 9.58. The van der Waals surface area contributed by atoms with Crippen molar-refractivity contribution in [1.29, 1.82) is 5.26 Å². The second-order valence-corrected chi connectivity index (χ2v) is 7.68. The van der Waals surface area contributed by atoms with Crippen LogP contribution in [0.5, 0.6) is 11.5 Å². The van der Waals surface area contributed by atoms with E-state index < -0.39 is 0 Å². The average Bonchev–Trinajstić information content (AvgIpc) is 3.48. The number of benzene rings is 1. The van der Waals surface area contributed by atoms with Crippen LogP contribution in [-0.4, -0.2) is 50.2 Å². The number of anilines is 3. The van der Waals surface area contributed by atoms with Gasteiger partial charge in [0.05, 0.1) is 18.3 Å². The number of nitrogens with zero attached hydrogens (tertiary/aromatic N) is 4. The second kappa shape index (κ2) is 7.41. The molecule has 1 atom stereocenters. The SMILES string of the molecule is N#Cc1cc(N)c(N2CCN(c3ccc4c(c3)OCO4)CC2)n1CC1CCCO1. The van der Waals surface area contributed by atoms with Crippen LogP contribution in [0.4, 0.5) is 17.2 Å². The highest BCUT2D eigenvalue weighted by molar-refractivity contribution is 5.69. The lowest BCUT2D eigenvalue weighted by molar-refractivity contribution is 0.0971. The minimum atomic E-state index is 0.155. The smallest absolute Gasteiger partial charge is 0.231 e. The Morgan fingerprint density at radius 3 is 2.62 bits per heavy atom. The van der Waals surface area contributed by atoms with Crippen LogP contribution < -0.4 is 25.0 Å². The van der Waals surface area contributed by atoms with Crippen molar-refractivity contribution in [2.24, 2.45) is 0 Å². The summed E-state index contributed by atoms with van der Waals surface area (Å²) in [5, 5.41) is 9.58. The summed E-state index contributed by atoms with van der Waals surface area (Å²) in [6.45, 7) is 5.16. The van der Waals surface area contributed by atoms with Gasteiger partial charge < -0.3 is 34.3 Å². The van der Waals surface area contributed by atoms with Crippen LogP contribution in [0.1, 0.15) is 18.5 Å². The van der Waals surface area contributed by atoms with Crippen molar-refractivity contribution in [2.75, 3.05) is 55.1 Å². The molecule has 5 rings (SSSR count). The van der Waals surface area contributed by atoms with E-state index in [1.807, 2.05) is 16.7 Å². The van der Waals surface area contributed by atoms with Crippen LogP contribution in [0.2, 0.25) is 0 Å². The monoisotopic (exact) mass is 395 g/mol. The fraction of sp³-hybridized carbons (Fsp3) is 0.476. The van der Waals surface area contributed by atoms with Crippen molar-refractivity contribution >= 4 is 17.2 Å². The van der Waals surface area contributed by atoms with Gasteiger partial charge in [-0.15, -0.1) is 0 Å². The average molecular weight is 395 g/mol. The minimum Gasteiger partial charge on any atom is -0.454 e. The molecule has 2 aromatic rings. The number of hydrogen-bond donors (Lipinski definition) is 1. The molecule has 3 aliphatic heterocycles. The second-order valence-electron chi connectivity index (χ2n) is 7.68. The summed E-state index contributed by atoms with van der Waals surface area (Å²) in [7, 11) is 0. The van der Waals surface area contributed by atoms with Gasteiger partial charge in [-0.2, -0.15) is 5.26 Å². The van der Waals surface area contributed by atoms with Crippen molar-refractivity contribution < 1.29 is 14.2 Å². The summed E-state index contributed by atoms with van der Waals surface area (Å²) in [6.07, 6.45) is 2.26. The summed E-state index contributed by atoms with van der Waals surface area (Å²) in [5.74, 6) is 2.55. The van der Waals surface area contributed by atoms with Gasteiger partial charge in [0.25, 0.3) is 0 Å². The molecular formula is C21H25N5O3. The molecule has 2 fully saturated rings. The number of nitrogens with two attached hydrogens (primary N) is 1. The number of ether oxygens (including phenoxy) is 3. The van der Waals surface area contributed by atoms with E-state index in [0.29, 0.717) is 17.9 Å². The quantitative estimate of drug-likeness (QED) is 0.849. The lowest BCUT2D eigenvalue weighted by atomic mass is 10.2. The topological polar surface area (TPSA) is 88.9 Å². The third-order valence-corrected chi connectivity index (χ3v) is 5.92. The van der Waals surface area contributed by atoms with Gasteiger partial charge >= 0.3 is 0 Å². The molecule has 3 aliphatic rings. The van der Waals surface area contributed by atoms with Crippen LogP contribution in [0.3, 0.4) is 0 Å². The van der Waals surface area contributed by atoms with Crippen molar-refractivity contribution in [1.82, 2.24) is 4.57 Å². The summed E-state index contributed by atoms with van der Waals surface area (Å²) in [4.78, 5) is 4.63. The number of nitriles is 1. The number of nitrogen functional groups attached to an aromatic ring is 1. The fourth-order valence-electron chi connectivity index (χ4n) is 4.44. The van der Waals surface area contributed by atoms with Crippen molar-refractivity contribution in [3.8, 4) is 17.6 Å². The molecule has 0 spiro atoms. The van der Waals surface area contributed by atoms with E-state index >= 15 is 0 Å². The van der Waals surface area contributed by atoms with Gasteiger partial charge in [-0.05, 0) is 31.0 Å². The van der Waals surface area contributed by atoms with E-state index in [-0.39, 0.29) is 12.9 Å². The van der Waals surface area contributed by atoms with Gasteiger partial charge in [-0.1, -0.05) is 0 Å². The van der Waals surface area contributed by atoms with Crippen molar-refractivity contribution in [2.45, 2.75) is 25.5 Å². The van der Waals surface area contributed by atoms with Gasteiger partial charge in [-0.3, -0.25) is 0 Å². The molecule has 2 N–H and O–H groups in total. The van der Waals surface area contributed by atoms with Gasteiger partial charge in [0, 0.05) is 44.5 Å². The van der Waals surface area contributed by atoms with E-state index in [0.717, 1.165) is 68.6 Å². The Kier molecular flexibility index (Phi) is 4.60. The van der Waals surface area contributed by atoms with E-state index in [2.05, 4.69) is 21.9 Å². The van der Waals surface area contributed by atoms with Gasteiger partial charge in [-0.25, -0.2) is 0 Å². The largest absolute Gasteiger partial charge is 0.454 e. The number of fused-ring (bicyclic) bond motifs is 1. The molecule has 1 aromatic heterocycles. The zero-order valence-corrected chi connectivity index (χ0v) is 16.3. The first-order chi connectivity index (χ1) is 14.2. The minimum absolute atomic E-state index is 0.155. The molecule has 0 saturated carbocycles. The maximum Gasteiger partial charge on any atom is 0.231 e. The zero-order chi connectivity index (χ0) is 19.8. The number of hydrogen-bond acceptors (Lipinski definition) is 7. The number of aromatic nitrogens is 1. The van der Waals surface area contributed by atoms with Crippen LogP contribution in [-0.2, 0) is 11.3 Å². The predicted molar refractivity (Wildman–Crippen MR) is 110 cm³/mol. The van der Waals surface area contributed by atoms with E-state index in [4.69, 9.17) is 19.9 Å². The highest BCUT2D eigenvalue weighted by Crippen LogP contribution is 2.36. The molecule has 8 heteroatoms. The van der Waals surface area contributed by atoms with Gasteiger partial charge in [0.1, 0.15) is 17.6 Å². The number of rotatable bonds is 4. The molecule has 8 nitrogen and oxygen atoms in total. The lowest BCUT2D eigenvalue weighted by Gasteiger charge is -2.38. The maximum absolute atomic E-state index is 9.58. The van der Waals surface area contributed by atoms with Crippen LogP contribution in [0.15, 0.2) is 24.3 Å². The Balaban J connectivity index is 1.33. The lowest BCUT2D eigenvalue weighted by Crippen LogP contribution is -2.47. The third kappa shape index (κ3) is 3.32. The summed E-state index contributed by atoms with van der Waals surface area (Å²) < 4.78 is 18.8. The molecule has 29 heavy (non-hydrogen) atoms. The first-order valence-electron chi connectivity index (χ1n) is 10.1. The van der Waals surface area contributed by atoms with Gasteiger partial charge in [0.15, 0.2) is 11.5 Å². The van der Waals surface area contributed by atoms with Crippen LogP contribution >= 0.6 is 0 Å². The standard InChI is InChI=1S/C21H25N5O3/c22-12-16-10-18(23)21(26(16)13-17-2-1-9-27-17)25-7-5-24(6-8-25)15-3-4-19-20(11-15)29-14-28-19/h3-4,10-11,17H,1-2,5-9,13-14,23H2. The molecule has 1 aromatic carbocycles. The van der Waals surface area contributed by atoms with Crippen molar-refractivity contribution in [3.63, 3.8) is 0 Å². The zero-order valence-electron chi connectivity index (χ0n) is 16.3. The van der Waals surface area contributed by atoms with E-state index in [1.54, 1.807) is 6.07 Å². The Bertz CT molecular complexity index is 937. The summed E-state index contributed by atoms with van der Waals surface area (Å²) in [5.41, 5.74) is 8.73. The first-order valence-corrected chi connectivity index (χ1v) is 10.1.